The second-order valence-electron chi connectivity index (χ2n) is 6.98. The summed E-state index contributed by atoms with van der Waals surface area (Å²) >= 11 is 0. The third-order valence-corrected chi connectivity index (χ3v) is 5.35. The first-order valence-corrected chi connectivity index (χ1v) is 9.33. The van der Waals surface area contributed by atoms with E-state index >= 15 is 0 Å². The fourth-order valence-corrected chi connectivity index (χ4v) is 4.00. The number of nitrogens with zero attached hydrogens (tertiary/aromatic N) is 2. The molecule has 0 atom stereocenters. The van der Waals surface area contributed by atoms with Crippen molar-refractivity contribution in [2.75, 3.05) is 7.11 Å². The smallest absolute Gasteiger partial charge is 0.118 e. The summed E-state index contributed by atoms with van der Waals surface area (Å²) in [6, 6.07) is 9.49. The first kappa shape index (κ1) is 16.4. The molecule has 0 amide bonds. The molecule has 0 saturated heterocycles. The van der Waals surface area contributed by atoms with E-state index in [-0.39, 0.29) is 0 Å². The maximum absolute atomic E-state index is 5.23. The van der Waals surface area contributed by atoms with Gasteiger partial charge in [0.1, 0.15) is 5.75 Å². The van der Waals surface area contributed by atoms with E-state index < -0.39 is 0 Å². The van der Waals surface area contributed by atoms with E-state index in [2.05, 4.69) is 17.1 Å². The molecule has 126 valence electrons. The predicted octanol–water partition coefficient (Wildman–Crippen LogP) is 5.00. The van der Waals surface area contributed by atoms with Crippen LogP contribution in [0.15, 0.2) is 29.4 Å². The van der Waals surface area contributed by atoms with Crippen molar-refractivity contribution in [3.8, 4) is 5.75 Å². The van der Waals surface area contributed by atoms with E-state index in [1.54, 1.807) is 7.11 Å². The van der Waals surface area contributed by atoms with Gasteiger partial charge in [0.25, 0.3) is 0 Å². The number of methoxy groups -OCH3 is 1. The highest BCUT2D eigenvalue weighted by molar-refractivity contribution is 5.79. The third kappa shape index (κ3) is 4.49. The molecular formula is C20H30N2O. The average molecular weight is 314 g/mol. The van der Waals surface area contributed by atoms with Gasteiger partial charge in [0.15, 0.2) is 0 Å². The lowest BCUT2D eigenvalue weighted by atomic mass is 9.90. The molecular weight excluding hydrogens is 284 g/mol. The molecule has 23 heavy (non-hydrogen) atoms. The summed E-state index contributed by atoms with van der Waals surface area (Å²) in [5, 5.41) is 7.44. The van der Waals surface area contributed by atoms with E-state index in [9.17, 15) is 0 Å². The Labute approximate surface area is 140 Å². The van der Waals surface area contributed by atoms with Gasteiger partial charge in [-0.05, 0) is 55.5 Å². The molecule has 0 heterocycles. The summed E-state index contributed by atoms with van der Waals surface area (Å²) in [6.07, 6.45) is 15.6. The van der Waals surface area contributed by atoms with E-state index in [0.29, 0.717) is 12.1 Å². The van der Waals surface area contributed by atoms with Crippen LogP contribution in [0.3, 0.4) is 0 Å². The van der Waals surface area contributed by atoms with Gasteiger partial charge in [0.05, 0.1) is 13.3 Å². The van der Waals surface area contributed by atoms with Gasteiger partial charge in [-0.25, -0.2) is 0 Å². The van der Waals surface area contributed by atoms with Crippen molar-refractivity contribution in [2.24, 2.45) is 5.10 Å². The SMILES string of the molecule is COc1ccc(C=NN(C2CCCCC2)C2CCCCC2)cc1. The molecule has 0 radical (unpaired) electrons. The first-order valence-electron chi connectivity index (χ1n) is 9.33. The molecule has 1 aromatic rings. The highest BCUT2D eigenvalue weighted by Gasteiger charge is 2.27. The van der Waals surface area contributed by atoms with Crippen LogP contribution in [0.2, 0.25) is 0 Å². The lowest BCUT2D eigenvalue weighted by Gasteiger charge is -2.39. The van der Waals surface area contributed by atoms with Gasteiger partial charge in [0.2, 0.25) is 0 Å². The van der Waals surface area contributed by atoms with Crippen LogP contribution in [0, 0.1) is 0 Å². The molecule has 2 aliphatic carbocycles. The molecule has 3 rings (SSSR count). The van der Waals surface area contributed by atoms with Gasteiger partial charge in [-0.2, -0.15) is 5.10 Å². The van der Waals surface area contributed by atoms with Gasteiger partial charge >= 0.3 is 0 Å². The second kappa shape index (κ2) is 8.37. The van der Waals surface area contributed by atoms with Crippen molar-refractivity contribution < 1.29 is 4.74 Å². The molecule has 0 N–H and O–H groups in total. The summed E-state index contributed by atoms with van der Waals surface area (Å²) in [7, 11) is 1.71. The lowest BCUT2D eigenvalue weighted by molar-refractivity contribution is 0.0855. The fraction of sp³-hybridized carbons (Fsp3) is 0.650. The second-order valence-corrected chi connectivity index (χ2v) is 6.98. The minimum atomic E-state index is 0.654. The Kier molecular flexibility index (Phi) is 5.95. The fourth-order valence-electron chi connectivity index (χ4n) is 4.00. The van der Waals surface area contributed by atoms with E-state index in [1.807, 2.05) is 18.3 Å². The number of benzene rings is 1. The minimum absolute atomic E-state index is 0.654. The Hall–Kier alpha value is -1.51. The zero-order valence-electron chi connectivity index (χ0n) is 14.4. The van der Waals surface area contributed by atoms with Crippen molar-refractivity contribution in [1.29, 1.82) is 0 Å². The number of hydrogen-bond acceptors (Lipinski definition) is 3. The Morgan fingerprint density at radius 2 is 1.39 bits per heavy atom. The van der Waals surface area contributed by atoms with E-state index in [4.69, 9.17) is 9.84 Å². The molecule has 1 aromatic carbocycles. The van der Waals surface area contributed by atoms with Crippen LogP contribution in [-0.4, -0.2) is 30.4 Å². The van der Waals surface area contributed by atoms with Crippen LogP contribution in [0.1, 0.15) is 69.8 Å². The van der Waals surface area contributed by atoms with Crippen LogP contribution in [0.4, 0.5) is 0 Å². The van der Waals surface area contributed by atoms with Crippen molar-refractivity contribution in [2.45, 2.75) is 76.3 Å². The number of hydrazone groups is 1. The van der Waals surface area contributed by atoms with Gasteiger partial charge in [-0.3, -0.25) is 5.01 Å². The topological polar surface area (TPSA) is 24.8 Å². The van der Waals surface area contributed by atoms with Crippen LogP contribution in [-0.2, 0) is 0 Å². The minimum Gasteiger partial charge on any atom is -0.497 e. The average Bonchev–Trinajstić information content (AvgIpc) is 2.64. The van der Waals surface area contributed by atoms with Gasteiger partial charge in [0, 0.05) is 12.1 Å². The molecule has 3 nitrogen and oxygen atoms in total. The molecule has 2 saturated carbocycles. The van der Waals surface area contributed by atoms with Gasteiger partial charge < -0.3 is 4.74 Å². The molecule has 0 bridgehead atoms. The third-order valence-electron chi connectivity index (χ3n) is 5.35. The van der Waals surface area contributed by atoms with Crippen LogP contribution < -0.4 is 4.74 Å². The molecule has 2 aliphatic rings. The molecule has 0 spiro atoms. The molecule has 0 aromatic heterocycles. The largest absolute Gasteiger partial charge is 0.497 e. The normalized spacial score (nSPS) is 20.7. The van der Waals surface area contributed by atoms with Crippen molar-refractivity contribution >= 4 is 6.21 Å². The number of hydrogen-bond donors (Lipinski definition) is 0. The number of rotatable bonds is 5. The van der Waals surface area contributed by atoms with Crippen molar-refractivity contribution in [3.63, 3.8) is 0 Å². The predicted molar refractivity (Wildman–Crippen MR) is 96.2 cm³/mol. The summed E-state index contributed by atoms with van der Waals surface area (Å²) in [4.78, 5) is 0. The molecule has 3 heteroatoms. The maximum atomic E-state index is 5.23. The van der Waals surface area contributed by atoms with Gasteiger partial charge in [-0.1, -0.05) is 38.5 Å². The summed E-state index contributed by atoms with van der Waals surface area (Å²) in [5.74, 6) is 0.901. The zero-order valence-corrected chi connectivity index (χ0v) is 14.4. The Morgan fingerprint density at radius 3 is 1.87 bits per heavy atom. The van der Waals surface area contributed by atoms with Crippen LogP contribution >= 0.6 is 0 Å². The molecule has 2 fully saturated rings. The lowest BCUT2D eigenvalue weighted by Crippen LogP contribution is -2.41. The molecule has 0 unspecified atom stereocenters. The molecule has 0 aliphatic heterocycles. The Balaban J connectivity index is 1.71. The van der Waals surface area contributed by atoms with Crippen molar-refractivity contribution in [1.82, 2.24) is 5.01 Å². The monoisotopic (exact) mass is 314 g/mol. The highest BCUT2D eigenvalue weighted by Crippen LogP contribution is 2.30. The van der Waals surface area contributed by atoms with Gasteiger partial charge in [-0.15, -0.1) is 0 Å². The summed E-state index contributed by atoms with van der Waals surface area (Å²) in [6.45, 7) is 0. The Morgan fingerprint density at radius 1 is 0.870 bits per heavy atom. The Bertz CT molecular complexity index is 467. The van der Waals surface area contributed by atoms with Crippen molar-refractivity contribution in [3.05, 3.63) is 29.8 Å². The quantitative estimate of drug-likeness (QED) is 0.564. The van der Waals surface area contributed by atoms with Crippen LogP contribution in [0.25, 0.3) is 0 Å². The van der Waals surface area contributed by atoms with E-state index in [0.717, 1.165) is 11.3 Å². The maximum Gasteiger partial charge on any atom is 0.118 e. The standard InChI is InChI=1S/C20H30N2O/c1-23-20-14-12-17(13-15-20)16-21-22(18-8-4-2-5-9-18)19-10-6-3-7-11-19/h12-16,18-19H,2-11H2,1H3. The summed E-state index contributed by atoms with van der Waals surface area (Å²) < 4.78 is 5.23. The first-order chi connectivity index (χ1) is 11.4. The summed E-state index contributed by atoms with van der Waals surface area (Å²) in [5.41, 5.74) is 1.16. The highest BCUT2D eigenvalue weighted by atomic mass is 16.5. The van der Waals surface area contributed by atoms with Crippen LogP contribution in [0.5, 0.6) is 5.75 Å². The van der Waals surface area contributed by atoms with E-state index in [1.165, 1.54) is 64.2 Å². The zero-order chi connectivity index (χ0) is 15.9. The number of ether oxygens (including phenoxy) is 1.